The van der Waals surface area contributed by atoms with Gasteiger partial charge in [0.1, 0.15) is 9.77 Å². The van der Waals surface area contributed by atoms with E-state index in [1.807, 2.05) is 30.3 Å². The lowest BCUT2D eigenvalue weighted by Crippen LogP contribution is -2.39. The molecule has 6 nitrogen and oxygen atoms in total. The van der Waals surface area contributed by atoms with Gasteiger partial charge in [-0.3, -0.25) is 0 Å². The van der Waals surface area contributed by atoms with E-state index in [1.54, 1.807) is 5.38 Å². The molecule has 8 heteroatoms. The van der Waals surface area contributed by atoms with Crippen LogP contribution in [-0.4, -0.2) is 45.5 Å². The number of thiophene rings is 1. The summed E-state index contributed by atoms with van der Waals surface area (Å²) in [5, 5.41) is 1.60. The van der Waals surface area contributed by atoms with Crippen molar-refractivity contribution in [2.45, 2.75) is 24.3 Å². The van der Waals surface area contributed by atoms with Crippen LogP contribution in [0.5, 0.6) is 0 Å². The van der Waals surface area contributed by atoms with Crippen LogP contribution in [0.3, 0.4) is 0 Å². The number of rotatable bonds is 7. The summed E-state index contributed by atoms with van der Waals surface area (Å²) in [5.41, 5.74) is 1.13. The predicted molar refractivity (Wildman–Crippen MR) is 103 cm³/mol. The number of ether oxygens (including phenoxy) is 2. The maximum absolute atomic E-state index is 12.9. The zero-order valence-corrected chi connectivity index (χ0v) is 16.8. The molecular weight excluding hydrogens is 386 g/mol. The quantitative estimate of drug-likeness (QED) is 0.657. The Morgan fingerprint density at radius 1 is 1.19 bits per heavy atom. The molecule has 0 spiro atoms. The standard InChI is InChI=1S/C19H23NO5S2/c1-24-19(21)18-17(9-12-26-18)27(22,23)20-10-7-16(8-11-20)14-25-13-15-5-3-2-4-6-15/h2-6,9,12,16H,7-8,10-11,13-14H2,1H3. The first-order valence-corrected chi connectivity index (χ1v) is 11.1. The van der Waals surface area contributed by atoms with Crippen LogP contribution in [0.2, 0.25) is 0 Å². The van der Waals surface area contributed by atoms with Gasteiger partial charge in [-0.2, -0.15) is 4.31 Å². The minimum absolute atomic E-state index is 0.0399. The second kappa shape index (κ2) is 8.97. The predicted octanol–water partition coefficient (Wildman–Crippen LogP) is 3.15. The van der Waals surface area contributed by atoms with E-state index in [4.69, 9.17) is 4.74 Å². The molecule has 2 heterocycles. The smallest absolute Gasteiger partial charge is 0.349 e. The van der Waals surface area contributed by atoms with E-state index in [2.05, 4.69) is 4.74 Å². The summed E-state index contributed by atoms with van der Waals surface area (Å²) in [7, 11) is -2.44. The Morgan fingerprint density at radius 3 is 2.56 bits per heavy atom. The topological polar surface area (TPSA) is 72.9 Å². The summed E-state index contributed by atoms with van der Waals surface area (Å²) in [6.45, 7) is 2.04. The Morgan fingerprint density at radius 2 is 1.89 bits per heavy atom. The first kappa shape index (κ1) is 20.0. The molecule has 0 aliphatic carbocycles. The first-order valence-electron chi connectivity index (χ1n) is 8.80. The Hall–Kier alpha value is -1.74. The summed E-state index contributed by atoms with van der Waals surface area (Å²) in [6, 6.07) is 11.5. The molecule has 0 amide bonds. The minimum atomic E-state index is -3.69. The number of carbonyl (C=O) groups excluding carboxylic acids is 1. The fourth-order valence-corrected chi connectivity index (χ4v) is 5.89. The van der Waals surface area contributed by atoms with Crippen LogP contribution < -0.4 is 0 Å². The third kappa shape index (κ3) is 4.76. The van der Waals surface area contributed by atoms with Gasteiger partial charge in [0.25, 0.3) is 0 Å². The Kier molecular flexibility index (Phi) is 6.64. The van der Waals surface area contributed by atoms with Gasteiger partial charge in [0.2, 0.25) is 10.0 Å². The number of hydrogen-bond acceptors (Lipinski definition) is 6. The summed E-state index contributed by atoms with van der Waals surface area (Å²) >= 11 is 1.08. The lowest BCUT2D eigenvalue weighted by atomic mass is 9.99. The number of hydrogen-bond donors (Lipinski definition) is 0. The number of methoxy groups -OCH3 is 1. The minimum Gasteiger partial charge on any atom is -0.465 e. The largest absolute Gasteiger partial charge is 0.465 e. The first-order chi connectivity index (χ1) is 13.0. The van der Waals surface area contributed by atoms with E-state index in [0.29, 0.717) is 32.2 Å². The highest BCUT2D eigenvalue weighted by atomic mass is 32.2. The van der Waals surface area contributed by atoms with Gasteiger partial charge in [0.05, 0.1) is 13.7 Å². The normalized spacial score (nSPS) is 16.3. The van der Waals surface area contributed by atoms with E-state index in [9.17, 15) is 13.2 Å². The number of benzene rings is 1. The second-order valence-electron chi connectivity index (χ2n) is 6.45. The third-order valence-electron chi connectivity index (χ3n) is 4.66. The van der Waals surface area contributed by atoms with Crippen molar-refractivity contribution >= 4 is 27.3 Å². The van der Waals surface area contributed by atoms with Crippen molar-refractivity contribution < 1.29 is 22.7 Å². The molecule has 0 atom stereocenters. The van der Waals surface area contributed by atoms with Gasteiger partial charge >= 0.3 is 5.97 Å². The molecule has 1 fully saturated rings. The van der Waals surface area contributed by atoms with Crippen LogP contribution in [0.15, 0.2) is 46.7 Å². The van der Waals surface area contributed by atoms with E-state index < -0.39 is 16.0 Å². The van der Waals surface area contributed by atoms with Gasteiger partial charge in [0.15, 0.2) is 0 Å². The molecule has 0 N–H and O–H groups in total. The zero-order valence-electron chi connectivity index (χ0n) is 15.2. The van der Waals surface area contributed by atoms with E-state index in [0.717, 1.165) is 29.7 Å². The average molecular weight is 410 g/mol. The summed E-state index contributed by atoms with van der Waals surface area (Å²) < 4.78 is 37.7. The number of piperidine rings is 1. The van der Waals surface area contributed by atoms with Crippen molar-refractivity contribution in [2.24, 2.45) is 5.92 Å². The fraction of sp³-hybridized carbons (Fsp3) is 0.421. The van der Waals surface area contributed by atoms with Gasteiger partial charge in [-0.25, -0.2) is 13.2 Å². The van der Waals surface area contributed by atoms with Crippen molar-refractivity contribution in [3.05, 3.63) is 52.2 Å². The molecule has 1 aliphatic heterocycles. The monoisotopic (exact) mass is 409 g/mol. The van der Waals surface area contributed by atoms with Crippen molar-refractivity contribution in [1.29, 1.82) is 0 Å². The molecule has 0 saturated carbocycles. The molecule has 2 aromatic rings. The van der Waals surface area contributed by atoms with Crippen LogP contribution in [0, 0.1) is 5.92 Å². The Balaban J connectivity index is 1.54. The number of carbonyl (C=O) groups is 1. The van der Waals surface area contributed by atoms with Crippen LogP contribution >= 0.6 is 11.3 Å². The molecule has 0 radical (unpaired) electrons. The number of esters is 1. The van der Waals surface area contributed by atoms with Crippen LogP contribution in [0.1, 0.15) is 28.1 Å². The summed E-state index contributed by atoms with van der Waals surface area (Å²) in [4.78, 5) is 12.0. The number of sulfonamides is 1. The molecule has 1 saturated heterocycles. The van der Waals surface area contributed by atoms with Crippen LogP contribution in [-0.2, 0) is 26.1 Å². The summed E-state index contributed by atoms with van der Waals surface area (Å²) in [6.07, 6.45) is 1.48. The SMILES string of the molecule is COC(=O)c1sccc1S(=O)(=O)N1CCC(COCc2ccccc2)CC1. The number of nitrogens with zero attached hydrogens (tertiary/aromatic N) is 1. The van der Waals surface area contributed by atoms with Crippen molar-refractivity contribution in [3.63, 3.8) is 0 Å². The van der Waals surface area contributed by atoms with Gasteiger partial charge < -0.3 is 9.47 Å². The molecule has 1 aliphatic rings. The van der Waals surface area contributed by atoms with Gasteiger partial charge in [-0.1, -0.05) is 30.3 Å². The maximum Gasteiger partial charge on any atom is 0.349 e. The molecule has 27 heavy (non-hydrogen) atoms. The molecule has 3 rings (SSSR count). The Bertz CT molecular complexity index is 855. The molecule has 1 aromatic heterocycles. The van der Waals surface area contributed by atoms with Crippen molar-refractivity contribution in [3.8, 4) is 0 Å². The highest BCUT2D eigenvalue weighted by Gasteiger charge is 2.33. The maximum atomic E-state index is 12.9. The lowest BCUT2D eigenvalue weighted by molar-refractivity contribution is 0.0601. The highest BCUT2D eigenvalue weighted by Crippen LogP contribution is 2.29. The van der Waals surface area contributed by atoms with Gasteiger partial charge in [0, 0.05) is 19.7 Å². The van der Waals surface area contributed by atoms with Crippen LogP contribution in [0.25, 0.3) is 0 Å². The third-order valence-corrected chi connectivity index (χ3v) is 7.62. The fourth-order valence-electron chi connectivity index (χ4n) is 3.12. The van der Waals surface area contributed by atoms with Crippen molar-refractivity contribution in [2.75, 3.05) is 26.8 Å². The van der Waals surface area contributed by atoms with E-state index >= 15 is 0 Å². The zero-order chi connectivity index (χ0) is 19.3. The molecule has 0 bridgehead atoms. The molecule has 0 unspecified atom stereocenters. The van der Waals surface area contributed by atoms with Crippen molar-refractivity contribution in [1.82, 2.24) is 4.31 Å². The highest BCUT2D eigenvalue weighted by molar-refractivity contribution is 7.89. The van der Waals surface area contributed by atoms with Gasteiger partial charge in [-0.05, 0) is 35.8 Å². The van der Waals surface area contributed by atoms with E-state index in [1.165, 1.54) is 17.5 Å². The second-order valence-corrected chi connectivity index (χ2v) is 9.28. The summed E-state index contributed by atoms with van der Waals surface area (Å²) in [5.74, 6) is -0.282. The van der Waals surface area contributed by atoms with Crippen LogP contribution in [0.4, 0.5) is 0 Å². The van der Waals surface area contributed by atoms with E-state index in [-0.39, 0.29) is 9.77 Å². The average Bonchev–Trinajstić information content (AvgIpc) is 3.19. The molecule has 1 aromatic carbocycles. The Labute approximate surface area is 163 Å². The molecule has 146 valence electrons. The van der Waals surface area contributed by atoms with Gasteiger partial charge in [-0.15, -0.1) is 11.3 Å². The lowest BCUT2D eigenvalue weighted by Gasteiger charge is -2.31. The molecular formula is C19H23NO5S2.